The van der Waals surface area contributed by atoms with Crippen molar-refractivity contribution < 1.29 is 9.53 Å². The number of anilines is 1. The summed E-state index contributed by atoms with van der Waals surface area (Å²) >= 11 is 1.20. The van der Waals surface area contributed by atoms with E-state index in [-0.39, 0.29) is 18.2 Å². The smallest absolute Gasteiger partial charge is 0.348 e. The summed E-state index contributed by atoms with van der Waals surface area (Å²) < 4.78 is 5.08. The molecule has 0 radical (unpaired) electrons. The Bertz CT molecular complexity index is 1050. The first kappa shape index (κ1) is 20.1. The van der Waals surface area contributed by atoms with Crippen LogP contribution in [0.4, 0.5) is 5.69 Å². The highest BCUT2D eigenvalue weighted by Gasteiger charge is 2.21. The molecule has 0 saturated heterocycles. The largest absolute Gasteiger partial charge is 0.462 e. The molecular formula is C21H25N3O3S. The van der Waals surface area contributed by atoms with E-state index in [1.807, 2.05) is 19.1 Å². The van der Waals surface area contributed by atoms with Gasteiger partial charge in [0.25, 0.3) is 5.56 Å². The quantitative estimate of drug-likeness (QED) is 0.584. The van der Waals surface area contributed by atoms with Crippen molar-refractivity contribution in [3.05, 3.63) is 56.4 Å². The lowest BCUT2D eigenvalue weighted by Gasteiger charge is -2.15. The van der Waals surface area contributed by atoms with E-state index in [1.54, 1.807) is 13.8 Å². The van der Waals surface area contributed by atoms with Gasteiger partial charge in [-0.25, -0.2) is 9.78 Å². The molecule has 0 aliphatic rings. The van der Waals surface area contributed by atoms with Crippen molar-refractivity contribution in [2.24, 2.45) is 0 Å². The maximum Gasteiger partial charge on any atom is 0.348 e. The molecule has 7 heteroatoms. The van der Waals surface area contributed by atoms with Crippen molar-refractivity contribution in [1.82, 2.24) is 9.97 Å². The molecule has 2 N–H and O–H groups in total. The predicted octanol–water partition coefficient (Wildman–Crippen LogP) is 4.77. The van der Waals surface area contributed by atoms with E-state index in [0.717, 1.165) is 5.69 Å². The third-order valence-corrected chi connectivity index (χ3v) is 5.82. The fourth-order valence-corrected chi connectivity index (χ4v) is 4.12. The Morgan fingerprint density at radius 2 is 1.93 bits per heavy atom. The standard InChI is InChI=1S/C21H25N3O3S/c1-6-27-21(26)17-12(4)16-19(25)23-18(24-20(16)28-17)13(5)22-15-9-7-14(8-10-15)11(2)3/h7-11,13,22H,6H2,1-5H3,(H,23,24,25)/t13-/m0/s1. The van der Waals surface area contributed by atoms with E-state index in [9.17, 15) is 9.59 Å². The number of nitrogens with zero attached hydrogens (tertiary/aromatic N) is 1. The molecule has 2 heterocycles. The van der Waals surface area contributed by atoms with Crippen LogP contribution in [-0.4, -0.2) is 22.5 Å². The monoisotopic (exact) mass is 399 g/mol. The van der Waals surface area contributed by atoms with Gasteiger partial charge in [0.1, 0.15) is 15.5 Å². The molecule has 0 spiro atoms. The summed E-state index contributed by atoms with van der Waals surface area (Å²) in [5.74, 6) is 0.588. The number of carbonyl (C=O) groups excluding carboxylic acids is 1. The predicted molar refractivity (Wildman–Crippen MR) is 114 cm³/mol. The Kier molecular flexibility index (Phi) is 5.84. The molecule has 3 rings (SSSR count). The molecule has 2 aromatic heterocycles. The van der Waals surface area contributed by atoms with Crippen LogP contribution in [0.15, 0.2) is 29.1 Å². The van der Waals surface area contributed by atoms with Crippen LogP contribution in [0.2, 0.25) is 0 Å². The molecule has 148 valence electrons. The molecule has 3 aromatic rings. The van der Waals surface area contributed by atoms with Crippen LogP contribution in [0.5, 0.6) is 0 Å². The first-order chi connectivity index (χ1) is 13.3. The summed E-state index contributed by atoms with van der Waals surface area (Å²) in [6.07, 6.45) is 0. The zero-order valence-corrected chi connectivity index (χ0v) is 17.6. The highest BCUT2D eigenvalue weighted by molar-refractivity contribution is 7.20. The Morgan fingerprint density at radius 3 is 2.54 bits per heavy atom. The van der Waals surface area contributed by atoms with Gasteiger partial charge in [0.15, 0.2) is 0 Å². The summed E-state index contributed by atoms with van der Waals surface area (Å²) in [5.41, 5.74) is 2.60. The maximum absolute atomic E-state index is 12.6. The highest BCUT2D eigenvalue weighted by atomic mass is 32.1. The van der Waals surface area contributed by atoms with Gasteiger partial charge in [-0.05, 0) is 49.9 Å². The zero-order chi connectivity index (χ0) is 20.4. The number of rotatable bonds is 6. The van der Waals surface area contributed by atoms with Crippen LogP contribution in [-0.2, 0) is 4.74 Å². The molecule has 1 atom stereocenters. The number of fused-ring (bicyclic) bond motifs is 1. The third kappa shape index (κ3) is 3.94. The third-order valence-electron chi connectivity index (χ3n) is 4.65. The van der Waals surface area contributed by atoms with Gasteiger partial charge in [0.05, 0.1) is 18.0 Å². The lowest BCUT2D eigenvalue weighted by atomic mass is 10.0. The second-order valence-corrected chi connectivity index (χ2v) is 8.05. The minimum atomic E-state index is -0.416. The van der Waals surface area contributed by atoms with Gasteiger partial charge in [-0.2, -0.15) is 0 Å². The second kappa shape index (κ2) is 8.14. The first-order valence-electron chi connectivity index (χ1n) is 9.38. The van der Waals surface area contributed by atoms with Crippen molar-refractivity contribution >= 4 is 33.2 Å². The number of benzene rings is 1. The number of hydrogen-bond acceptors (Lipinski definition) is 6. The van der Waals surface area contributed by atoms with E-state index < -0.39 is 5.97 Å². The normalized spacial score (nSPS) is 12.4. The first-order valence-corrected chi connectivity index (χ1v) is 10.2. The van der Waals surface area contributed by atoms with E-state index in [1.165, 1.54) is 16.9 Å². The fraction of sp³-hybridized carbons (Fsp3) is 0.381. The molecule has 1 aromatic carbocycles. The summed E-state index contributed by atoms with van der Waals surface area (Å²) in [7, 11) is 0. The van der Waals surface area contributed by atoms with Gasteiger partial charge in [-0.3, -0.25) is 4.79 Å². The molecule has 0 bridgehead atoms. The molecule has 0 fully saturated rings. The average Bonchev–Trinajstić information content (AvgIpc) is 2.99. The molecule has 6 nitrogen and oxygen atoms in total. The number of esters is 1. The van der Waals surface area contributed by atoms with E-state index in [0.29, 0.717) is 32.4 Å². The summed E-state index contributed by atoms with van der Waals surface area (Å²) in [6, 6.07) is 8.03. The minimum absolute atomic E-state index is 0.199. The lowest BCUT2D eigenvalue weighted by Crippen LogP contribution is -2.17. The Hall–Kier alpha value is -2.67. The number of aryl methyl sites for hydroxylation is 1. The average molecular weight is 400 g/mol. The number of aromatic amines is 1. The van der Waals surface area contributed by atoms with Gasteiger partial charge in [-0.15, -0.1) is 11.3 Å². The van der Waals surface area contributed by atoms with E-state index in [2.05, 4.69) is 41.3 Å². The van der Waals surface area contributed by atoms with Gasteiger partial charge in [-0.1, -0.05) is 26.0 Å². The summed E-state index contributed by atoms with van der Waals surface area (Å²) in [4.78, 5) is 33.2. The SMILES string of the molecule is CCOC(=O)c1sc2nc([C@H](C)Nc3ccc(C(C)C)cc3)[nH]c(=O)c2c1C. The molecule has 0 unspecified atom stereocenters. The Morgan fingerprint density at radius 1 is 1.25 bits per heavy atom. The van der Waals surface area contributed by atoms with E-state index in [4.69, 9.17) is 4.74 Å². The Labute approximate surface area is 168 Å². The summed E-state index contributed by atoms with van der Waals surface area (Å²) in [6.45, 7) is 10.0. The number of carbonyl (C=O) groups is 1. The van der Waals surface area contributed by atoms with Crippen molar-refractivity contribution in [1.29, 1.82) is 0 Å². The maximum atomic E-state index is 12.6. The van der Waals surface area contributed by atoms with E-state index >= 15 is 0 Å². The number of nitrogens with one attached hydrogen (secondary N) is 2. The minimum Gasteiger partial charge on any atom is -0.462 e. The van der Waals surface area contributed by atoms with Crippen LogP contribution in [0.25, 0.3) is 10.2 Å². The molecule has 0 aliphatic carbocycles. The number of hydrogen-bond donors (Lipinski definition) is 2. The van der Waals surface area contributed by atoms with Crippen LogP contribution in [0.3, 0.4) is 0 Å². The molecule has 0 amide bonds. The van der Waals surface area contributed by atoms with Crippen molar-refractivity contribution in [2.45, 2.75) is 46.6 Å². The van der Waals surface area contributed by atoms with Crippen LogP contribution in [0, 0.1) is 6.92 Å². The molecule has 28 heavy (non-hydrogen) atoms. The van der Waals surface area contributed by atoms with Gasteiger partial charge < -0.3 is 15.0 Å². The Balaban J connectivity index is 1.90. The zero-order valence-electron chi connectivity index (χ0n) is 16.8. The molecular weight excluding hydrogens is 374 g/mol. The van der Waals surface area contributed by atoms with Crippen molar-refractivity contribution in [3.8, 4) is 0 Å². The molecule has 0 aliphatic heterocycles. The topological polar surface area (TPSA) is 84.1 Å². The number of aromatic nitrogens is 2. The number of thiophene rings is 1. The summed E-state index contributed by atoms with van der Waals surface area (Å²) in [5, 5.41) is 3.81. The van der Waals surface area contributed by atoms with Crippen molar-refractivity contribution in [2.75, 3.05) is 11.9 Å². The van der Waals surface area contributed by atoms with Crippen molar-refractivity contribution in [3.63, 3.8) is 0 Å². The molecule has 0 saturated carbocycles. The number of ether oxygens (including phenoxy) is 1. The highest BCUT2D eigenvalue weighted by Crippen LogP contribution is 2.29. The van der Waals surface area contributed by atoms with Gasteiger partial charge >= 0.3 is 5.97 Å². The fourth-order valence-electron chi connectivity index (χ4n) is 3.04. The van der Waals surface area contributed by atoms with Gasteiger partial charge in [0.2, 0.25) is 0 Å². The van der Waals surface area contributed by atoms with Crippen LogP contribution in [0.1, 0.15) is 66.3 Å². The lowest BCUT2D eigenvalue weighted by molar-refractivity contribution is 0.0531. The second-order valence-electron chi connectivity index (χ2n) is 7.05. The van der Waals surface area contributed by atoms with Crippen LogP contribution >= 0.6 is 11.3 Å². The number of H-pyrrole nitrogens is 1. The van der Waals surface area contributed by atoms with Gasteiger partial charge in [0, 0.05) is 5.69 Å². The van der Waals surface area contributed by atoms with Crippen LogP contribution < -0.4 is 10.9 Å².